The van der Waals surface area contributed by atoms with Crippen LogP contribution in [-0.4, -0.2) is 6.61 Å². The summed E-state index contributed by atoms with van der Waals surface area (Å²) in [6.45, 7) is 11.2. The molecule has 0 saturated carbocycles. The maximum absolute atomic E-state index is 13.0. The molecule has 0 heterocycles. The Bertz CT molecular complexity index is 393. The number of benzene rings is 1. The van der Waals surface area contributed by atoms with E-state index in [1.165, 1.54) is 6.08 Å². The molecule has 19 heavy (non-hydrogen) atoms. The van der Waals surface area contributed by atoms with Crippen molar-refractivity contribution >= 4 is 0 Å². The maximum Gasteiger partial charge on any atom is 0.194 e. The third-order valence-electron chi connectivity index (χ3n) is 2.17. The van der Waals surface area contributed by atoms with E-state index in [2.05, 4.69) is 13.2 Å². The highest BCUT2D eigenvalue weighted by Gasteiger charge is 2.16. The van der Waals surface area contributed by atoms with Gasteiger partial charge in [0.05, 0.1) is 12.7 Å². The van der Waals surface area contributed by atoms with Crippen LogP contribution in [0, 0.1) is 17.5 Å². The predicted octanol–water partition coefficient (Wildman–Crippen LogP) is 4.95. The molecule has 0 N–H and O–H groups in total. The summed E-state index contributed by atoms with van der Waals surface area (Å²) in [6.07, 6.45) is 2.90. The molecule has 0 bridgehead atoms. The molecular formula is C15H19F3O. The molecule has 0 fully saturated rings. The first-order chi connectivity index (χ1) is 9.10. The molecule has 0 aliphatic heterocycles. The van der Waals surface area contributed by atoms with Gasteiger partial charge in [-0.2, -0.15) is 0 Å². The van der Waals surface area contributed by atoms with Crippen LogP contribution in [0.5, 0.6) is 0 Å². The fourth-order valence-corrected chi connectivity index (χ4v) is 1.40. The molecule has 1 rings (SSSR count). The van der Waals surface area contributed by atoms with Crippen molar-refractivity contribution in [2.45, 2.75) is 26.4 Å². The van der Waals surface area contributed by atoms with Crippen LogP contribution in [-0.2, 0) is 4.74 Å². The molecule has 1 nitrogen and oxygen atoms in total. The fourth-order valence-electron chi connectivity index (χ4n) is 1.40. The van der Waals surface area contributed by atoms with Gasteiger partial charge >= 0.3 is 0 Å². The maximum atomic E-state index is 13.0. The first-order valence-corrected chi connectivity index (χ1v) is 6.08. The Morgan fingerprint density at radius 3 is 2.05 bits per heavy atom. The molecule has 4 heteroatoms. The van der Waals surface area contributed by atoms with Gasteiger partial charge in [-0.25, -0.2) is 13.2 Å². The lowest BCUT2D eigenvalue weighted by molar-refractivity contribution is 0.0760. The van der Waals surface area contributed by atoms with Crippen LogP contribution in [0.3, 0.4) is 0 Å². The number of hydrogen-bond acceptors (Lipinski definition) is 1. The molecule has 0 amide bonds. The Labute approximate surface area is 112 Å². The minimum atomic E-state index is -1.48. The summed E-state index contributed by atoms with van der Waals surface area (Å²) in [5, 5.41) is 0. The minimum Gasteiger partial charge on any atom is -0.369 e. The van der Waals surface area contributed by atoms with E-state index in [1.807, 2.05) is 13.8 Å². The van der Waals surface area contributed by atoms with Crippen LogP contribution in [0.15, 0.2) is 37.4 Å². The Hall–Kier alpha value is -1.55. The van der Waals surface area contributed by atoms with Crippen molar-refractivity contribution in [1.29, 1.82) is 0 Å². The molecule has 0 spiro atoms. The molecule has 0 aromatic heterocycles. The highest BCUT2D eigenvalue weighted by atomic mass is 19.2. The van der Waals surface area contributed by atoms with E-state index in [0.717, 1.165) is 12.1 Å². The lowest BCUT2D eigenvalue weighted by Crippen LogP contribution is -2.06. The third-order valence-corrected chi connectivity index (χ3v) is 2.17. The molecule has 106 valence electrons. The summed E-state index contributed by atoms with van der Waals surface area (Å²) in [4.78, 5) is 0. The second-order valence-corrected chi connectivity index (χ2v) is 3.43. The highest BCUT2D eigenvalue weighted by Crippen LogP contribution is 2.25. The molecule has 1 aromatic carbocycles. The van der Waals surface area contributed by atoms with Crippen molar-refractivity contribution in [2.24, 2.45) is 0 Å². The van der Waals surface area contributed by atoms with Crippen molar-refractivity contribution < 1.29 is 17.9 Å². The van der Waals surface area contributed by atoms with E-state index in [-0.39, 0.29) is 12.2 Å². The normalized spacial score (nSPS) is 11.2. The van der Waals surface area contributed by atoms with E-state index in [0.29, 0.717) is 6.42 Å². The lowest BCUT2D eigenvalue weighted by atomic mass is 10.1. The predicted molar refractivity (Wildman–Crippen MR) is 71.4 cm³/mol. The average molecular weight is 272 g/mol. The Kier molecular flexibility index (Phi) is 8.62. The topological polar surface area (TPSA) is 9.23 Å². The summed E-state index contributed by atoms with van der Waals surface area (Å²) >= 11 is 0. The van der Waals surface area contributed by atoms with Gasteiger partial charge in [0.1, 0.15) is 0 Å². The molecule has 1 aromatic rings. The summed E-state index contributed by atoms with van der Waals surface area (Å²) in [6, 6.07) is 1.85. The summed E-state index contributed by atoms with van der Waals surface area (Å²) in [7, 11) is 0. The number of rotatable bonds is 6. The standard InChI is InChI=1S/C13H13F3O.C2H6/c1-3-5-12(17-6-4-2)9-7-10(14)13(16)11(15)8-9;1-2/h3-4,7-8,12H,1-2,5-6H2;1-2H3. The summed E-state index contributed by atoms with van der Waals surface area (Å²) < 4.78 is 44.2. The lowest BCUT2D eigenvalue weighted by Gasteiger charge is -2.16. The van der Waals surface area contributed by atoms with Crippen LogP contribution in [0.2, 0.25) is 0 Å². The minimum absolute atomic E-state index is 0.235. The molecule has 1 unspecified atom stereocenters. The molecule has 0 radical (unpaired) electrons. The molecule has 1 atom stereocenters. The monoisotopic (exact) mass is 272 g/mol. The number of halogens is 3. The van der Waals surface area contributed by atoms with Crippen LogP contribution in [0.25, 0.3) is 0 Å². The third kappa shape index (κ3) is 5.30. The van der Waals surface area contributed by atoms with Gasteiger partial charge in [0, 0.05) is 0 Å². The Morgan fingerprint density at radius 2 is 1.63 bits per heavy atom. The van der Waals surface area contributed by atoms with Crippen molar-refractivity contribution in [2.75, 3.05) is 6.61 Å². The van der Waals surface area contributed by atoms with Gasteiger partial charge in [0.25, 0.3) is 0 Å². The van der Waals surface area contributed by atoms with Gasteiger partial charge < -0.3 is 4.74 Å². The van der Waals surface area contributed by atoms with E-state index in [4.69, 9.17) is 4.74 Å². The largest absolute Gasteiger partial charge is 0.369 e. The quantitative estimate of drug-likeness (QED) is 0.526. The summed E-state index contributed by atoms with van der Waals surface area (Å²) in [5.41, 5.74) is 0.239. The zero-order valence-electron chi connectivity index (χ0n) is 11.3. The molecule has 0 aliphatic carbocycles. The van der Waals surface area contributed by atoms with Crippen LogP contribution in [0.1, 0.15) is 31.9 Å². The van der Waals surface area contributed by atoms with Crippen LogP contribution < -0.4 is 0 Å². The van der Waals surface area contributed by atoms with Crippen LogP contribution in [0.4, 0.5) is 13.2 Å². The fraction of sp³-hybridized carbons (Fsp3) is 0.333. The molecule has 0 saturated heterocycles. The molecule has 0 aliphatic rings. The first-order valence-electron chi connectivity index (χ1n) is 6.08. The second kappa shape index (κ2) is 9.39. The van der Waals surface area contributed by atoms with Gasteiger partial charge in [0.15, 0.2) is 17.5 Å². The van der Waals surface area contributed by atoms with E-state index in [1.54, 1.807) is 6.08 Å². The van der Waals surface area contributed by atoms with Crippen molar-refractivity contribution in [3.8, 4) is 0 Å². The van der Waals surface area contributed by atoms with Gasteiger partial charge in [-0.05, 0) is 24.1 Å². The van der Waals surface area contributed by atoms with Crippen molar-refractivity contribution in [1.82, 2.24) is 0 Å². The van der Waals surface area contributed by atoms with E-state index in [9.17, 15) is 13.2 Å². The van der Waals surface area contributed by atoms with Crippen LogP contribution >= 0.6 is 0 Å². The van der Waals surface area contributed by atoms with E-state index < -0.39 is 23.6 Å². The molecular weight excluding hydrogens is 253 g/mol. The first kappa shape index (κ1) is 17.4. The van der Waals surface area contributed by atoms with Gasteiger partial charge in [-0.15, -0.1) is 13.2 Å². The highest BCUT2D eigenvalue weighted by molar-refractivity contribution is 5.22. The van der Waals surface area contributed by atoms with Gasteiger partial charge in [0.2, 0.25) is 0 Å². The summed E-state index contributed by atoms with van der Waals surface area (Å²) in [5.74, 6) is -3.93. The zero-order chi connectivity index (χ0) is 14.8. The zero-order valence-corrected chi connectivity index (χ0v) is 11.3. The average Bonchev–Trinajstić information content (AvgIpc) is 2.42. The van der Waals surface area contributed by atoms with E-state index >= 15 is 0 Å². The second-order valence-electron chi connectivity index (χ2n) is 3.43. The van der Waals surface area contributed by atoms with Crippen molar-refractivity contribution in [3.05, 3.63) is 60.5 Å². The Balaban J connectivity index is 0.00000154. The number of ether oxygens (including phenoxy) is 1. The Morgan fingerprint density at radius 1 is 1.11 bits per heavy atom. The van der Waals surface area contributed by atoms with Gasteiger partial charge in [-0.3, -0.25) is 0 Å². The smallest absolute Gasteiger partial charge is 0.194 e. The number of hydrogen-bond donors (Lipinski definition) is 0. The SMILES string of the molecule is C=CCOC(CC=C)c1cc(F)c(F)c(F)c1.CC. The van der Waals surface area contributed by atoms with Gasteiger partial charge in [-0.1, -0.05) is 26.0 Å². The van der Waals surface area contributed by atoms with Crippen molar-refractivity contribution in [3.63, 3.8) is 0 Å².